The highest BCUT2D eigenvalue weighted by Gasteiger charge is 2.30. The first-order valence-electron chi connectivity index (χ1n) is 41.6. The molecule has 0 aromatic carbocycles. The molecule has 0 aliphatic carbocycles. The zero-order chi connectivity index (χ0) is 72.7. The van der Waals surface area contributed by atoms with Crippen molar-refractivity contribution in [2.45, 2.75) is 445 Å². The third-order valence-electron chi connectivity index (χ3n) is 18.8. The summed E-state index contributed by atoms with van der Waals surface area (Å²) in [7, 11) is -9.92. The van der Waals surface area contributed by atoms with Crippen LogP contribution in [0, 0.1) is 5.92 Å². The lowest BCUT2D eigenvalue weighted by atomic mass is 10.0. The highest BCUT2D eigenvalue weighted by molar-refractivity contribution is 7.47. The fourth-order valence-electron chi connectivity index (χ4n) is 12.4. The molecule has 17 nitrogen and oxygen atoms in total. The molecule has 5 atom stereocenters. The number of phosphoric acid groups is 2. The van der Waals surface area contributed by atoms with Crippen LogP contribution in [0.1, 0.15) is 426 Å². The van der Waals surface area contributed by atoms with E-state index in [0.29, 0.717) is 25.7 Å². The van der Waals surface area contributed by atoms with Gasteiger partial charge in [-0.25, -0.2) is 9.13 Å². The zero-order valence-electron chi connectivity index (χ0n) is 64.6. The summed E-state index contributed by atoms with van der Waals surface area (Å²) in [4.78, 5) is 73.0. The molecule has 0 saturated carbocycles. The number of phosphoric ester groups is 2. The van der Waals surface area contributed by atoms with Crippen LogP contribution < -0.4 is 0 Å². The molecule has 0 aliphatic rings. The first-order chi connectivity index (χ1) is 48.0. The molecule has 0 aromatic heterocycles. The Bertz CT molecular complexity index is 1890. The molecule has 0 aliphatic heterocycles. The Labute approximate surface area is 607 Å². The maximum atomic E-state index is 13.1. The van der Waals surface area contributed by atoms with Crippen molar-refractivity contribution in [3.8, 4) is 0 Å². The first kappa shape index (κ1) is 97.1. The van der Waals surface area contributed by atoms with E-state index < -0.39 is 97.5 Å². The van der Waals surface area contributed by atoms with Crippen LogP contribution in [-0.2, 0) is 65.4 Å². The van der Waals surface area contributed by atoms with Crippen LogP contribution in [0.5, 0.6) is 0 Å². The second-order valence-corrected chi connectivity index (χ2v) is 32.2. The molecule has 0 spiro atoms. The summed E-state index contributed by atoms with van der Waals surface area (Å²) in [6, 6.07) is 0. The van der Waals surface area contributed by atoms with Gasteiger partial charge in [0, 0.05) is 25.7 Å². The van der Waals surface area contributed by atoms with E-state index in [9.17, 15) is 43.2 Å². The van der Waals surface area contributed by atoms with Gasteiger partial charge in [0.05, 0.1) is 26.4 Å². The molecule has 2 unspecified atom stereocenters. The summed E-state index contributed by atoms with van der Waals surface area (Å²) in [5, 5.41) is 10.6. The van der Waals surface area contributed by atoms with Crippen molar-refractivity contribution in [2.24, 2.45) is 5.92 Å². The minimum atomic E-state index is -4.96. The standard InChI is InChI=1S/C80H156O17P2/c1-6-9-12-15-18-21-24-27-29-30-31-32-33-35-40-46-51-56-61-66-80(85)97-76(70-91-78(83)64-59-54-49-44-41-36-37-42-47-52-57-62-73(4)5)72-95-99(88,89)93-68-74(81)67-92-98(86,87)94-71-75(69-90-77(82)63-58-53-48-43-38-26-23-20-17-14-11-8-3)96-79(84)65-60-55-50-45-39-34-28-25-22-19-16-13-10-7-2/h73-76,81H,6-72H2,1-5H3,(H,86,87)(H,88,89)/t74-,75+,76+/m0/s1. The number of hydrogen-bond donors (Lipinski definition) is 3. The van der Waals surface area contributed by atoms with Crippen molar-refractivity contribution in [2.75, 3.05) is 39.6 Å². The Hall–Kier alpha value is -1.94. The quantitative estimate of drug-likeness (QED) is 0.0222. The normalized spacial score (nSPS) is 13.9. The molecule has 0 radical (unpaired) electrons. The van der Waals surface area contributed by atoms with Crippen LogP contribution in [-0.4, -0.2) is 96.7 Å². The summed E-state index contributed by atoms with van der Waals surface area (Å²) in [5.41, 5.74) is 0. The molecule has 588 valence electrons. The van der Waals surface area contributed by atoms with Gasteiger partial charge in [0.25, 0.3) is 0 Å². The van der Waals surface area contributed by atoms with Gasteiger partial charge in [-0.05, 0) is 31.6 Å². The molecule has 0 fully saturated rings. The van der Waals surface area contributed by atoms with Crippen LogP contribution in [0.15, 0.2) is 0 Å². The van der Waals surface area contributed by atoms with Gasteiger partial charge in [0.1, 0.15) is 19.3 Å². The van der Waals surface area contributed by atoms with Crippen LogP contribution in [0.25, 0.3) is 0 Å². The Balaban J connectivity index is 5.25. The minimum Gasteiger partial charge on any atom is -0.462 e. The van der Waals surface area contributed by atoms with E-state index >= 15 is 0 Å². The summed E-state index contributed by atoms with van der Waals surface area (Å²) in [6.45, 7) is 7.33. The number of aliphatic hydroxyl groups excluding tert-OH is 1. The molecule has 19 heteroatoms. The van der Waals surface area contributed by atoms with E-state index in [-0.39, 0.29) is 25.7 Å². The monoisotopic (exact) mass is 1450 g/mol. The number of rotatable bonds is 80. The van der Waals surface area contributed by atoms with Gasteiger partial charge in [-0.2, -0.15) is 0 Å². The maximum absolute atomic E-state index is 13.1. The average Bonchev–Trinajstić information content (AvgIpc) is 3.89. The Morgan fingerprint density at radius 3 is 0.687 bits per heavy atom. The van der Waals surface area contributed by atoms with Gasteiger partial charge in [0.2, 0.25) is 0 Å². The van der Waals surface area contributed by atoms with Crippen molar-refractivity contribution in [1.82, 2.24) is 0 Å². The number of esters is 4. The van der Waals surface area contributed by atoms with Crippen LogP contribution in [0.3, 0.4) is 0 Å². The minimum absolute atomic E-state index is 0.109. The van der Waals surface area contributed by atoms with E-state index in [4.69, 9.17) is 37.0 Å². The van der Waals surface area contributed by atoms with Crippen molar-refractivity contribution >= 4 is 39.5 Å². The maximum Gasteiger partial charge on any atom is 0.472 e. The number of unbranched alkanes of at least 4 members (excludes halogenated alkanes) is 52. The fraction of sp³-hybridized carbons (Fsp3) is 0.950. The van der Waals surface area contributed by atoms with Crippen LogP contribution >= 0.6 is 15.6 Å². The highest BCUT2D eigenvalue weighted by atomic mass is 31.2. The van der Waals surface area contributed by atoms with Gasteiger partial charge in [-0.3, -0.25) is 37.3 Å². The largest absolute Gasteiger partial charge is 0.472 e. The van der Waals surface area contributed by atoms with Gasteiger partial charge in [-0.1, -0.05) is 375 Å². The first-order valence-corrected chi connectivity index (χ1v) is 44.6. The lowest BCUT2D eigenvalue weighted by Gasteiger charge is -2.21. The molecule has 0 bridgehead atoms. The van der Waals surface area contributed by atoms with E-state index in [1.807, 2.05) is 0 Å². The molecular weight excluding hydrogens is 1290 g/mol. The lowest BCUT2D eigenvalue weighted by Crippen LogP contribution is -2.30. The van der Waals surface area contributed by atoms with Crippen molar-refractivity contribution < 1.29 is 80.2 Å². The van der Waals surface area contributed by atoms with E-state index in [0.717, 1.165) is 95.8 Å². The van der Waals surface area contributed by atoms with Crippen LogP contribution in [0.2, 0.25) is 0 Å². The molecule has 0 amide bonds. The summed E-state index contributed by atoms with van der Waals surface area (Å²) in [6.07, 6.45) is 63.7. The molecule has 99 heavy (non-hydrogen) atoms. The number of carbonyl (C=O) groups excluding carboxylic acids is 4. The Morgan fingerprint density at radius 2 is 0.465 bits per heavy atom. The van der Waals surface area contributed by atoms with Gasteiger partial charge in [0.15, 0.2) is 12.2 Å². The number of carbonyl (C=O) groups is 4. The van der Waals surface area contributed by atoms with Crippen LogP contribution in [0.4, 0.5) is 0 Å². The highest BCUT2D eigenvalue weighted by Crippen LogP contribution is 2.45. The molecule has 0 saturated heterocycles. The zero-order valence-corrected chi connectivity index (χ0v) is 66.4. The van der Waals surface area contributed by atoms with E-state index in [2.05, 4.69) is 34.6 Å². The molecule has 0 aromatic rings. The molecule has 0 heterocycles. The van der Waals surface area contributed by atoms with Gasteiger partial charge < -0.3 is 33.8 Å². The average molecular weight is 1450 g/mol. The predicted molar refractivity (Wildman–Crippen MR) is 405 cm³/mol. The van der Waals surface area contributed by atoms with Crippen molar-refractivity contribution in [3.63, 3.8) is 0 Å². The lowest BCUT2D eigenvalue weighted by molar-refractivity contribution is -0.161. The SMILES string of the molecule is CCCCCCCCCCCCCCCCCCCCCC(=O)O[C@H](COC(=O)CCCCCCCCCCCCCC(C)C)COP(=O)(O)OC[C@@H](O)COP(=O)(O)OC[C@@H](COC(=O)CCCCCCCCCCCCCC)OC(=O)CCCCCCCCCCCCCCCC. The van der Waals surface area contributed by atoms with Crippen molar-refractivity contribution in [3.05, 3.63) is 0 Å². The summed E-state index contributed by atoms with van der Waals surface area (Å²) >= 11 is 0. The second-order valence-electron chi connectivity index (χ2n) is 29.3. The Kier molecular flexibility index (Phi) is 71.6. The predicted octanol–water partition coefficient (Wildman–Crippen LogP) is 24.0. The Morgan fingerprint density at radius 1 is 0.273 bits per heavy atom. The number of aliphatic hydroxyl groups is 1. The third-order valence-corrected chi connectivity index (χ3v) is 20.7. The molecular formula is C80H156O17P2. The third kappa shape index (κ3) is 74.1. The molecule has 3 N–H and O–H groups in total. The van der Waals surface area contributed by atoms with Gasteiger partial charge >= 0.3 is 39.5 Å². The van der Waals surface area contributed by atoms with E-state index in [1.165, 1.54) is 250 Å². The summed E-state index contributed by atoms with van der Waals surface area (Å²) in [5.74, 6) is -1.33. The molecule has 0 rings (SSSR count). The van der Waals surface area contributed by atoms with Gasteiger partial charge in [-0.15, -0.1) is 0 Å². The second kappa shape index (κ2) is 73.0. The smallest absolute Gasteiger partial charge is 0.462 e. The summed E-state index contributed by atoms with van der Waals surface area (Å²) < 4.78 is 68.7. The topological polar surface area (TPSA) is 237 Å². The number of hydrogen-bond acceptors (Lipinski definition) is 15. The van der Waals surface area contributed by atoms with E-state index in [1.54, 1.807) is 0 Å². The number of ether oxygens (including phenoxy) is 4. The fourth-order valence-corrected chi connectivity index (χ4v) is 14.0. The van der Waals surface area contributed by atoms with Crippen molar-refractivity contribution in [1.29, 1.82) is 0 Å².